The van der Waals surface area contributed by atoms with Crippen LogP contribution in [0, 0.1) is 18.3 Å². The van der Waals surface area contributed by atoms with Crippen molar-refractivity contribution in [2.45, 2.75) is 65.5 Å². The van der Waals surface area contributed by atoms with Crippen LogP contribution in [0.3, 0.4) is 0 Å². The lowest BCUT2D eigenvalue weighted by atomic mass is 9.78. The first-order valence-electron chi connectivity index (χ1n) is 10.1. The minimum Gasteiger partial charge on any atom is -0.302 e. The van der Waals surface area contributed by atoms with Gasteiger partial charge >= 0.3 is 0 Å². The summed E-state index contributed by atoms with van der Waals surface area (Å²) in [6.07, 6.45) is 10.9. The minimum atomic E-state index is 0.580. The standard InChI is InChI=1S/C20H34N4/c1-3-24-14-19(17(2)21-24)13-23-11-9-20(16-23)8-5-10-22(15-20)12-18-6-4-7-18/h14,18H,3-13,15-16H2,1-2H3. The second-order valence-electron chi connectivity index (χ2n) is 8.69. The molecule has 1 unspecified atom stereocenters. The van der Waals surface area contributed by atoms with E-state index < -0.39 is 0 Å². The number of aromatic nitrogens is 2. The van der Waals surface area contributed by atoms with E-state index in [9.17, 15) is 0 Å². The van der Waals surface area contributed by atoms with Gasteiger partial charge in [0.25, 0.3) is 0 Å². The molecule has 3 aliphatic rings. The molecular weight excluding hydrogens is 296 g/mol. The maximum Gasteiger partial charge on any atom is 0.0638 e. The molecule has 1 spiro atoms. The van der Waals surface area contributed by atoms with Gasteiger partial charge in [0.05, 0.1) is 5.69 Å². The molecule has 1 atom stereocenters. The summed E-state index contributed by atoms with van der Waals surface area (Å²) in [7, 11) is 0. The van der Waals surface area contributed by atoms with Crippen LogP contribution in [-0.4, -0.2) is 52.3 Å². The Morgan fingerprint density at radius 3 is 2.67 bits per heavy atom. The molecule has 134 valence electrons. The average Bonchev–Trinajstić information content (AvgIpc) is 3.08. The van der Waals surface area contributed by atoms with Crippen molar-refractivity contribution in [2.24, 2.45) is 11.3 Å². The van der Waals surface area contributed by atoms with Gasteiger partial charge in [0.15, 0.2) is 0 Å². The number of aryl methyl sites for hydroxylation is 2. The summed E-state index contributed by atoms with van der Waals surface area (Å²) >= 11 is 0. The molecular formula is C20H34N4. The van der Waals surface area contributed by atoms with Gasteiger partial charge in [-0.15, -0.1) is 0 Å². The normalized spacial score (nSPS) is 29.4. The van der Waals surface area contributed by atoms with Crippen LogP contribution < -0.4 is 0 Å². The zero-order chi connectivity index (χ0) is 16.6. The largest absolute Gasteiger partial charge is 0.302 e. The Balaban J connectivity index is 1.35. The molecule has 4 rings (SSSR count). The molecule has 0 bridgehead atoms. The summed E-state index contributed by atoms with van der Waals surface area (Å²) in [6, 6.07) is 0. The van der Waals surface area contributed by atoms with Gasteiger partial charge in [0.2, 0.25) is 0 Å². The van der Waals surface area contributed by atoms with Crippen LogP contribution in [0.4, 0.5) is 0 Å². The number of likely N-dealkylation sites (tertiary alicyclic amines) is 2. The monoisotopic (exact) mass is 330 g/mol. The molecule has 2 aliphatic heterocycles. The first kappa shape index (κ1) is 16.6. The quantitative estimate of drug-likeness (QED) is 0.828. The summed E-state index contributed by atoms with van der Waals surface area (Å²) in [5.41, 5.74) is 3.22. The van der Waals surface area contributed by atoms with Gasteiger partial charge in [0.1, 0.15) is 0 Å². The molecule has 1 aromatic heterocycles. The van der Waals surface area contributed by atoms with Crippen molar-refractivity contribution in [2.75, 3.05) is 32.7 Å². The number of rotatable bonds is 5. The van der Waals surface area contributed by atoms with E-state index in [1.54, 1.807) is 0 Å². The summed E-state index contributed by atoms with van der Waals surface area (Å²) in [5, 5.41) is 4.62. The van der Waals surface area contributed by atoms with Crippen molar-refractivity contribution < 1.29 is 0 Å². The van der Waals surface area contributed by atoms with E-state index in [1.807, 2.05) is 0 Å². The fourth-order valence-corrected chi connectivity index (χ4v) is 5.12. The van der Waals surface area contributed by atoms with Crippen molar-refractivity contribution in [1.29, 1.82) is 0 Å². The highest BCUT2D eigenvalue weighted by Gasteiger charge is 2.41. The first-order chi connectivity index (χ1) is 11.7. The predicted molar refractivity (Wildman–Crippen MR) is 98.0 cm³/mol. The minimum absolute atomic E-state index is 0.580. The Morgan fingerprint density at radius 2 is 1.96 bits per heavy atom. The molecule has 1 aliphatic carbocycles. The van der Waals surface area contributed by atoms with Gasteiger partial charge < -0.3 is 4.90 Å². The molecule has 4 nitrogen and oxygen atoms in total. The van der Waals surface area contributed by atoms with E-state index in [2.05, 4.69) is 39.6 Å². The molecule has 0 aromatic carbocycles. The Morgan fingerprint density at radius 1 is 1.12 bits per heavy atom. The summed E-state index contributed by atoms with van der Waals surface area (Å²) in [4.78, 5) is 5.49. The SMILES string of the molecule is CCn1cc(CN2CCC3(CCCN(CC4CCC4)C3)C2)c(C)n1. The smallest absolute Gasteiger partial charge is 0.0638 e. The summed E-state index contributed by atoms with van der Waals surface area (Å²) < 4.78 is 2.08. The van der Waals surface area contributed by atoms with Crippen LogP contribution in [0.25, 0.3) is 0 Å². The highest BCUT2D eigenvalue weighted by molar-refractivity contribution is 5.15. The van der Waals surface area contributed by atoms with Gasteiger partial charge in [-0.2, -0.15) is 5.10 Å². The topological polar surface area (TPSA) is 24.3 Å². The maximum absolute atomic E-state index is 4.62. The van der Waals surface area contributed by atoms with E-state index in [0.29, 0.717) is 5.41 Å². The zero-order valence-corrected chi connectivity index (χ0v) is 15.6. The molecule has 3 fully saturated rings. The van der Waals surface area contributed by atoms with E-state index in [1.165, 1.54) is 82.5 Å². The van der Waals surface area contributed by atoms with E-state index in [0.717, 1.165) is 19.0 Å². The van der Waals surface area contributed by atoms with Gasteiger partial charge in [0, 0.05) is 44.5 Å². The van der Waals surface area contributed by atoms with E-state index >= 15 is 0 Å². The zero-order valence-electron chi connectivity index (χ0n) is 15.6. The Kier molecular flexibility index (Phi) is 4.70. The van der Waals surface area contributed by atoms with Crippen molar-refractivity contribution >= 4 is 0 Å². The predicted octanol–water partition coefficient (Wildman–Crippen LogP) is 3.30. The Bertz CT molecular complexity index is 562. The fraction of sp³-hybridized carbons (Fsp3) is 0.850. The molecule has 3 heterocycles. The number of piperidine rings is 1. The van der Waals surface area contributed by atoms with Gasteiger partial charge in [-0.25, -0.2) is 0 Å². The second kappa shape index (κ2) is 6.80. The third-order valence-electron chi connectivity index (χ3n) is 6.76. The number of hydrogen-bond donors (Lipinski definition) is 0. The van der Waals surface area contributed by atoms with Crippen LogP contribution in [0.1, 0.15) is 56.7 Å². The van der Waals surface area contributed by atoms with Crippen LogP contribution in [0.5, 0.6) is 0 Å². The fourth-order valence-electron chi connectivity index (χ4n) is 5.12. The summed E-state index contributed by atoms with van der Waals surface area (Å²) in [6.45, 7) is 13.0. The number of hydrogen-bond acceptors (Lipinski definition) is 3. The van der Waals surface area contributed by atoms with Crippen molar-refractivity contribution in [3.63, 3.8) is 0 Å². The molecule has 4 heteroatoms. The van der Waals surface area contributed by atoms with E-state index in [-0.39, 0.29) is 0 Å². The average molecular weight is 331 g/mol. The van der Waals surface area contributed by atoms with Crippen LogP contribution in [0.2, 0.25) is 0 Å². The lowest BCUT2D eigenvalue weighted by molar-refractivity contribution is 0.0668. The van der Waals surface area contributed by atoms with Crippen molar-refractivity contribution in [1.82, 2.24) is 19.6 Å². The van der Waals surface area contributed by atoms with Crippen LogP contribution in [0.15, 0.2) is 6.20 Å². The molecule has 2 saturated heterocycles. The maximum atomic E-state index is 4.62. The highest BCUT2D eigenvalue weighted by Crippen LogP contribution is 2.40. The van der Waals surface area contributed by atoms with Crippen molar-refractivity contribution in [3.8, 4) is 0 Å². The molecule has 1 aromatic rings. The lowest BCUT2D eigenvalue weighted by Crippen LogP contribution is -2.47. The third kappa shape index (κ3) is 3.41. The van der Waals surface area contributed by atoms with E-state index in [4.69, 9.17) is 0 Å². The Labute approximate surface area is 147 Å². The first-order valence-corrected chi connectivity index (χ1v) is 10.1. The molecule has 0 amide bonds. The third-order valence-corrected chi connectivity index (χ3v) is 6.76. The highest BCUT2D eigenvalue weighted by atomic mass is 15.3. The molecule has 1 saturated carbocycles. The van der Waals surface area contributed by atoms with Crippen molar-refractivity contribution in [3.05, 3.63) is 17.5 Å². The molecule has 24 heavy (non-hydrogen) atoms. The van der Waals surface area contributed by atoms with Crippen LogP contribution in [-0.2, 0) is 13.1 Å². The molecule has 0 radical (unpaired) electrons. The molecule has 0 N–H and O–H groups in total. The lowest BCUT2D eigenvalue weighted by Gasteiger charge is -2.43. The Hall–Kier alpha value is -0.870. The summed E-state index contributed by atoms with van der Waals surface area (Å²) in [5.74, 6) is 1.01. The van der Waals surface area contributed by atoms with Gasteiger partial charge in [-0.3, -0.25) is 9.58 Å². The number of nitrogens with zero attached hydrogens (tertiary/aromatic N) is 4. The van der Waals surface area contributed by atoms with Gasteiger partial charge in [-0.1, -0.05) is 6.42 Å². The second-order valence-corrected chi connectivity index (χ2v) is 8.69. The van der Waals surface area contributed by atoms with Crippen LogP contribution >= 0.6 is 0 Å². The van der Waals surface area contributed by atoms with Gasteiger partial charge in [-0.05, 0) is 70.4 Å².